The molecule has 2 fully saturated rings. The van der Waals surface area contributed by atoms with E-state index >= 15 is 0 Å². The zero-order chi connectivity index (χ0) is 25.1. The summed E-state index contributed by atoms with van der Waals surface area (Å²) in [6.07, 6.45) is 8.58. The minimum absolute atomic E-state index is 0.0156. The number of hydrogen-bond donors (Lipinski definition) is 4. The maximum atomic E-state index is 13.1. The summed E-state index contributed by atoms with van der Waals surface area (Å²) < 4.78 is 14.5. The Labute approximate surface area is 209 Å². The fraction of sp³-hybridized carbons (Fsp3) is 0.480. The van der Waals surface area contributed by atoms with Crippen molar-refractivity contribution in [3.8, 4) is 5.82 Å². The zero-order valence-corrected chi connectivity index (χ0v) is 20.5. The van der Waals surface area contributed by atoms with E-state index in [2.05, 4.69) is 38.5 Å². The lowest BCUT2D eigenvalue weighted by molar-refractivity contribution is -0.126. The molecule has 3 aromatic heterocycles. The van der Waals surface area contributed by atoms with Gasteiger partial charge in [0.2, 0.25) is 5.91 Å². The lowest BCUT2D eigenvalue weighted by Crippen LogP contribution is -2.37. The number of halogens is 1. The third-order valence-electron chi connectivity index (χ3n) is 6.81. The highest BCUT2D eigenvalue weighted by molar-refractivity contribution is 5.78. The van der Waals surface area contributed by atoms with Gasteiger partial charge in [0.25, 0.3) is 0 Å². The smallest absolute Gasteiger partial charge is 0.223 e. The highest BCUT2D eigenvalue weighted by Crippen LogP contribution is 2.35. The van der Waals surface area contributed by atoms with Crippen LogP contribution in [-0.4, -0.2) is 42.8 Å². The largest absolute Gasteiger partial charge is 0.353 e. The van der Waals surface area contributed by atoms with Crippen molar-refractivity contribution in [2.45, 2.75) is 70.6 Å². The van der Waals surface area contributed by atoms with Crippen LogP contribution in [0.3, 0.4) is 0 Å². The first-order chi connectivity index (χ1) is 17.4. The minimum atomic E-state index is -0.414. The Balaban J connectivity index is 1.11. The van der Waals surface area contributed by atoms with Crippen molar-refractivity contribution in [3.63, 3.8) is 0 Å². The Morgan fingerprint density at radius 2 is 2.00 bits per heavy atom. The molecule has 4 N–H and O–H groups in total. The molecule has 190 valence electrons. The van der Waals surface area contributed by atoms with Gasteiger partial charge in [0.05, 0.1) is 18.6 Å². The normalized spacial score (nSPS) is 24.0. The quantitative estimate of drug-likeness (QED) is 0.396. The van der Waals surface area contributed by atoms with Crippen LogP contribution >= 0.6 is 0 Å². The first-order valence-electron chi connectivity index (χ1n) is 12.5. The molecule has 36 heavy (non-hydrogen) atoms. The van der Waals surface area contributed by atoms with Gasteiger partial charge in [0.1, 0.15) is 11.6 Å². The maximum absolute atomic E-state index is 13.1. The van der Waals surface area contributed by atoms with Gasteiger partial charge in [-0.25, -0.2) is 29.4 Å². The summed E-state index contributed by atoms with van der Waals surface area (Å²) in [6.45, 7) is 4.53. The number of nitrogens with one attached hydrogen (secondary N) is 4. The molecule has 0 aromatic carbocycles. The van der Waals surface area contributed by atoms with Crippen LogP contribution in [0.1, 0.15) is 62.0 Å². The molecule has 0 radical (unpaired) electrons. The van der Waals surface area contributed by atoms with E-state index in [1.54, 1.807) is 12.3 Å². The second kappa shape index (κ2) is 10.7. The van der Waals surface area contributed by atoms with Gasteiger partial charge >= 0.3 is 0 Å². The lowest BCUT2D eigenvalue weighted by Gasteiger charge is -2.27. The highest BCUT2D eigenvalue weighted by Gasteiger charge is 2.29. The molecule has 1 saturated heterocycles. The summed E-state index contributed by atoms with van der Waals surface area (Å²) in [7, 11) is 0. The number of hydrogen-bond acceptors (Lipinski definition) is 8. The van der Waals surface area contributed by atoms with Crippen LogP contribution in [0, 0.1) is 18.7 Å². The van der Waals surface area contributed by atoms with Crippen molar-refractivity contribution in [1.29, 1.82) is 0 Å². The molecule has 2 unspecified atom stereocenters. The third-order valence-corrected chi connectivity index (χ3v) is 6.81. The van der Waals surface area contributed by atoms with Crippen molar-refractivity contribution < 1.29 is 9.18 Å². The van der Waals surface area contributed by atoms with E-state index in [-0.39, 0.29) is 23.9 Å². The Morgan fingerprint density at radius 3 is 2.67 bits per heavy atom. The van der Waals surface area contributed by atoms with Crippen LogP contribution in [0.15, 0.2) is 36.8 Å². The Hall–Kier alpha value is -3.44. The number of pyridine rings is 1. The van der Waals surface area contributed by atoms with E-state index < -0.39 is 5.82 Å². The first kappa shape index (κ1) is 24.3. The van der Waals surface area contributed by atoms with Gasteiger partial charge in [-0.05, 0) is 57.6 Å². The van der Waals surface area contributed by atoms with Crippen LogP contribution in [0.5, 0.6) is 0 Å². The van der Waals surface area contributed by atoms with E-state index in [0.29, 0.717) is 18.4 Å². The van der Waals surface area contributed by atoms with Gasteiger partial charge in [0, 0.05) is 42.4 Å². The van der Waals surface area contributed by atoms with Crippen molar-refractivity contribution in [1.82, 2.24) is 40.9 Å². The van der Waals surface area contributed by atoms with Crippen molar-refractivity contribution >= 4 is 11.7 Å². The van der Waals surface area contributed by atoms with E-state index in [1.807, 2.05) is 19.1 Å². The van der Waals surface area contributed by atoms with Gasteiger partial charge < -0.3 is 10.6 Å². The van der Waals surface area contributed by atoms with Crippen LogP contribution in [0.4, 0.5) is 10.2 Å². The van der Waals surface area contributed by atoms with Crippen LogP contribution in [0.2, 0.25) is 0 Å². The molecule has 2 aliphatic rings. The second-order valence-corrected chi connectivity index (χ2v) is 9.77. The summed E-state index contributed by atoms with van der Waals surface area (Å²) in [5.41, 5.74) is 8.28. The lowest BCUT2D eigenvalue weighted by atomic mass is 9.81. The molecule has 10 nitrogen and oxygen atoms in total. The summed E-state index contributed by atoms with van der Waals surface area (Å²) in [6, 6.07) is 6.00. The molecule has 2 atom stereocenters. The molecule has 4 heterocycles. The molecule has 1 amide bonds. The zero-order valence-electron chi connectivity index (χ0n) is 20.5. The molecule has 1 aliphatic carbocycles. The van der Waals surface area contributed by atoms with Crippen LogP contribution in [0.25, 0.3) is 5.82 Å². The van der Waals surface area contributed by atoms with E-state index in [4.69, 9.17) is 9.97 Å². The summed E-state index contributed by atoms with van der Waals surface area (Å²) in [4.78, 5) is 26.6. The monoisotopic (exact) mass is 493 g/mol. The molecular formula is C25H32FN9O. The Bertz CT molecular complexity index is 1190. The molecule has 3 aromatic rings. The number of carbonyl (C=O) groups is 1. The number of hydrazine groups is 1. The van der Waals surface area contributed by atoms with E-state index in [9.17, 15) is 9.18 Å². The van der Waals surface area contributed by atoms with Gasteiger partial charge in [-0.15, -0.1) is 0 Å². The average Bonchev–Trinajstić information content (AvgIpc) is 3.50. The standard InChI is InChI=1S/C25H32FN9O/c1-15-9-21(31-22-10-16(2)33-34-22)32-24(30-15)18-4-6-19(7-5-18)25(36)28-12-17-3-8-23(27-11-17)35-14-20(26)13-29-35/h3,8-9,11,13-14,16,18-19,22,33-34H,4-7,10,12H2,1-2H3,(H,28,36)(H,30,31,32). The van der Waals surface area contributed by atoms with Crippen molar-refractivity contribution in [2.75, 3.05) is 5.32 Å². The number of anilines is 1. The molecule has 5 rings (SSSR count). The number of amides is 1. The first-order valence-corrected chi connectivity index (χ1v) is 12.5. The predicted molar refractivity (Wildman–Crippen MR) is 132 cm³/mol. The SMILES string of the molecule is Cc1cc(NC2CC(C)NN2)nc(C2CCC(C(=O)NCc3ccc(-n4cc(F)cn4)nc3)CC2)n1. The molecule has 11 heteroatoms. The number of rotatable bonds is 7. The predicted octanol–water partition coefficient (Wildman–Crippen LogP) is 2.72. The van der Waals surface area contributed by atoms with Crippen LogP contribution < -0.4 is 21.5 Å². The fourth-order valence-electron chi connectivity index (χ4n) is 4.87. The summed E-state index contributed by atoms with van der Waals surface area (Å²) in [5, 5.41) is 10.4. The van der Waals surface area contributed by atoms with Gasteiger partial charge in [-0.2, -0.15) is 5.10 Å². The van der Waals surface area contributed by atoms with Crippen molar-refractivity contribution in [3.05, 3.63) is 59.7 Å². The number of aryl methyl sites for hydroxylation is 1. The molecule has 1 aliphatic heterocycles. The van der Waals surface area contributed by atoms with Crippen molar-refractivity contribution in [2.24, 2.45) is 5.92 Å². The van der Waals surface area contributed by atoms with Gasteiger partial charge in [-0.3, -0.25) is 10.2 Å². The van der Waals surface area contributed by atoms with Gasteiger partial charge in [0.15, 0.2) is 11.6 Å². The highest BCUT2D eigenvalue weighted by atomic mass is 19.1. The molecular weight excluding hydrogens is 461 g/mol. The maximum Gasteiger partial charge on any atom is 0.223 e. The summed E-state index contributed by atoms with van der Waals surface area (Å²) in [5.74, 6) is 2.11. The molecule has 0 bridgehead atoms. The average molecular weight is 494 g/mol. The fourth-order valence-corrected chi connectivity index (χ4v) is 4.87. The minimum Gasteiger partial charge on any atom is -0.353 e. The third kappa shape index (κ3) is 5.85. The molecule has 0 spiro atoms. The van der Waals surface area contributed by atoms with E-state index in [1.165, 1.54) is 10.9 Å². The summed E-state index contributed by atoms with van der Waals surface area (Å²) >= 11 is 0. The van der Waals surface area contributed by atoms with E-state index in [0.717, 1.165) is 61.2 Å². The second-order valence-electron chi connectivity index (χ2n) is 9.77. The number of nitrogens with zero attached hydrogens (tertiary/aromatic N) is 5. The van der Waals surface area contributed by atoms with Crippen LogP contribution in [-0.2, 0) is 11.3 Å². The van der Waals surface area contributed by atoms with Gasteiger partial charge in [-0.1, -0.05) is 6.07 Å². The topological polar surface area (TPSA) is 122 Å². The number of carbonyl (C=O) groups excluding carboxylic acids is 1. The number of aromatic nitrogens is 5. The Kier molecular flexibility index (Phi) is 7.19. The Morgan fingerprint density at radius 1 is 1.17 bits per heavy atom. The molecule has 1 saturated carbocycles.